The van der Waals surface area contributed by atoms with E-state index in [-0.39, 0.29) is 30.2 Å². The maximum Gasteiger partial charge on any atom is 0.123 e. The van der Waals surface area contributed by atoms with Gasteiger partial charge in [-0.05, 0) is 55.5 Å². The number of benzene rings is 2. The summed E-state index contributed by atoms with van der Waals surface area (Å²) in [6, 6.07) is 20.3. The highest BCUT2D eigenvalue weighted by atomic mass is 35.5. The number of nitrogens with one attached hydrogen (secondary N) is 2. The molecule has 2 atom stereocenters. The largest absolute Gasteiger partial charge is 0.496 e. The van der Waals surface area contributed by atoms with Gasteiger partial charge in [-0.3, -0.25) is 0 Å². The number of nitriles is 1. The number of methoxy groups -OCH3 is 1. The Bertz CT molecular complexity index is 863. The lowest BCUT2D eigenvalue weighted by molar-refractivity contribution is 0.302. The van der Waals surface area contributed by atoms with Crippen LogP contribution in [0.1, 0.15) is 61.3 Å². The van der Waals surface area contributed by atoms with Crippen LogP contribution in [0, 0.1) is 11.3 Å². The first-order chi connectivity index (χ1) is 14.3. The second kappa shape index (κ2) is 11.7. The van der Waals surface area contributed by atoms with Gasteiger partial charge in [-0.2, -0.15) is 5.26 Å². The molecule has 2 aromatic rings. The molecule has 1 heterocycles. The SMILES string of the molecule is COc1ccc(C2(C#N)CCCC2)cc1CNC1CCCNC1c1ccccc1.Cl.Cl. The van der Waals surface area contributed by atoms with E-state index in [1.54, 1.807) is 7.11 Å². The first-order valence-electron chi connectivity index (χ1n) is 10.9. The summed E-state index contributed by atoms with van der Waals surface area (Å²) in [6.45, 7) is 1.80. The van der Waals surface area contributed by atoms with Gasteiger partial charge < -0.3 is 15.4 Å². The molecule has 4 rings (SSSR count). The molecule has 1 aliphatic heterocycles. The first-order valence-corrected chi connectivity index (χ1v) is 10.9. The average Bonchev–Trinajstić information content (AvgIpc) is 3.29. The van der Waals surface area contributed by atoms with Crippen LogP contribution in [0.15, 0.2) is 48.5 Å². The van der Waals surface area contributed by atoms with Crippen LogP contribution >= 0.6 is 24.8 Å². The summed E-state index contributed by atoms with van der Waals surface area (Å²) in [7, 11) is 1.73. The zero-order valence-corrected chi connectivity index (χ0v) is 19.7. The molecule has 0 radical (unpaired) electrons. The third-order valence-corrected chi connectivity index (χ3v) is 6.68. The third kappa shape index (κ3) is 5.54. The van der Waals surface area contributed by atoms with Crippen molar-refractivity contribution in [3.63, 3.8) is 0 Å². The van der Waals surface area contributed by atoms with Crippen LogP contribution in [0.3, 0.4) is 0 Å². The molecular weight excluding hydrogens is 429 g/mol. The van der Waals surface area contributed by atoms with Crippen molar-refractivity contribution < 1.29 is 4.74 Å². The number of hydrogen-bond donors (Lipinski definition) is 2. The molecular formula is C25H33Cl2N3O. The van der Waals surface area contributed by atoms with E-state index in [1.165, 1.54) is 12.0 Å². The Balaban J connectivity index is 0.00000171. The minimum atomic E-state index is -0.319. The Morgan fingerprint density at radius 3 is 2.52 bits per heavy atom. The molecule has 4 nitrogen and oxygen atoms in total. The van der Waals surface area contributed by atoms with Gasteiger partial charge in [0, 0.05) is 24.2 Å². The fraction of sp³-hybridized carbons (Fsp3) is 0.480. The summed E-state index contributed by atoms with van der Waals surface area (Å²) in [5, 5.41) is 17.3. The monoisotopic (exact) mass is 461 g/mol. The van der Waals surface area contributed by atoms with Crippen molar-refractivity contribution in [1.29, 1.82) is 5.26 Å². The van der Waals surface area contributed by atoms with Crippen LogP contribution in [0.5, 0.6) is 5.75 Å². The van der Waals surface area contributed by atoms with Gasteiger partial charge in [0.05, 0.1) is 18.6 Å². The number of hydrogen-bond acceptors (Lipinski definition) is 4. The normalized spacial score (nSPS) is 21.9. The zero-order valence-electron chi connectivity index (χ0n) is 18.1. The van der Waals surface area contributed by atoms with Gasteiger partial charge in [-0.1, -0.05) is 49.2 Å². The van der Waals surface area contributed by atoms with E-state index < -0.39 is 0 Å². The minimum Gasteiger partial charge on any atom is -0.496 e. The van der Waals surface area contributed by atoms with Gasteiger partial charge in [0.2, 0.25) is 0 Å². The lowest BCUT2D eigenvalue weighted by atomic mass is 9.79. The molecule has 31 heavy (non-hydrogen) atoms. The molecule has 1 saturated carbocycles. The highest BCUT2D eigenvalue weighted by Gasteiger charge is 2.36. The van der Waals surface area contributed by atoms with Crippen molar-refractivity contribution in [1.82, 2.24) is 10.6 Å². The van der Waals surface area contributed by atoms with Gasteiger partial charge in [-0.15, -0.1) is 24.8 Å². The maximum absolute atomic E-state index is 9.88. The Labute approximate surface area is 198 Å². The van der Waals surface area contributed by atoms with E-state index >= 15 is 0 Å². The summed E-state index contributed by atoms with van der Waals surface area (Å²) in [5.41, 5.74) is 3.31. The second-order valence-corrected chi connectivity index (χ2v) is 8.40. The average molecular weight is 462 g/mol. The summed E-state index contributed by atoms with van der Waals surface area (Å²) in [5.74, 6) is 0.896. The number of ether oxygens (including phenoxy) is 1. The zero-order chi connectivity index (χ0) is 20.1. The van der Waals surface area contributed by atoms with Crippen molar-refractivity contribution in [3.8, 4) is 11.8 Å². The van der Waals surface area contributed by atoms with Crippen LogP contribution in [0.4, 0.5) is 0 Å². The maximum atomic E-state index is 9.88. The Morgan fingerprint density at radius 2 is 1.84 bits per heavy atom. The molecule has 0 bridgehead atoms. The summed E-state index contributed by atoms with van der Waals surface area (Å²) < 4.78 is 5.64. The van der Waals surface area contributed by atoms with Crippen molar-refractivity contribution in [3.05, 3.63) is 65.2 Å². The van der Waals surface area contributed by atoms with Crippen LogP contribution in [0.2, 0.25) is 0 Å². The molecule has 1 saturated heterocycles. The molecule has 168 valence electrons. The van der Waals surface area contributed by atoms with E-state index in [4.69, 9.17) is 4.74 Å². The highest BCUT2D eigenvalue weighted by Crippen LogP contribution is 2.41. The van der Waals surface area contributed by atoms with E-state index in [2.05, 4.69) is 59.2 Å². The van der Waals surface area contributed by atoms with E-state index in [1.807, 2.05) is 6.07 Å². The van der Waals surface area contributed by atoms with Crippen molar-refractivity contribution >= 4 is 24.8 Å². The van der Waals surface area contributed by atoms with Gasteiger partial charge in [0.15, 0.2) is 0 Å². The quantitative estimate of drug-likeness (QED) is 0.599. The molecule has 0 amide bonds. The van der Waals surface area contributed by atoms with Crippen molar-refractivity contribution in [2.45, 2.75) is 62.6 Å². The summed E-state index contributed by atoms with van der Waals surface area (Å²) in [4.78, 5) is 0. The highest BCUT2D eigenvalue weighted by molar-refractivity contribution is 5.85. The Morgan fingerprint density at radius 1 is 1.10 bits per heavy atom. The Kier molecular flexibility index (Phi) is 9.65. The first kappa shape index (κ1) is 25.5. The van der Waals surface area contributed by atoms with Crippen LogP contribution in [-0.2, 0) is 12.0 Å². The summed E-state index contributed by atoms with van der Waals surface area (Å²) in [6.07, 6.45) is 6.53. The fourth-order valence-corrected chi connectivity index (χ4v) is 5.02. The van der Waals surface area contributed by atoms with Gasteiger partial charge in [0.1, 0.15) is 5.75 Å². The second-order valence-electron chi connectivity index (χ2n) is 8.40. The predicted molar refractivity (Wildman–Crippen MR) is 130 cm³/mol. The van der Waals surface area contributed by atoms with E-state index in [0.717, 1.165) is 62.1 Å². The van der Waals surface area contributed by atoms with Gasteiger partial charge in [0.25, 0.3) is 0 Å². The third-order valence-electron chi connectivity index (χ3n) is 6.68. The van der Waals surface area contributed by atoms with E-state index in [0.29, 0.717) is 12.1 Å². The molecule has 0 aromatic heterocycles. The van der Waals surface area contributed by atoms with E-state index in [9.17, 15) is 5.26 Å². The van der Waals surface area contributed by atoms with Gasteiger partial charge in [-0.25, -0.2) is 0 Å². The van der Waals surface area contributed by atoms with Crippen LogP contribution < -0.4 is 15.4 Å². The number of rotatable bonds is 6. The van der Waals surface area contributed by atoms with Crippen LogP contribution in [-0.4, -0.2) is 19.7 Å². The molecule has 2 aliphatic rings. The number of piperidine rings is 1. The summed E-state index contributed by atoms with van der Waals surface area (Å²) >= 11 is 0. The minimum absolute atomic E-state index is 0. The molecule has 2 unspecified atom stereocenters. The molecule has 2 fully saturated rings. The fourth-order valence-electron chi connectivity index (χ4n) is 5.02. The van der Waals surface area contributed by atoms with Crippen molar-refractivity contribution in [2.24, 2.45) is 0 Å². The molecule has 2 N–H and O–H groups in total. The Hall–Kier alpha value is -1.77. The number of halogens is 2. The lowest BCUT2D eigenvalue weighted by Gasteiger charge is -2.34. The number of nitrogens with zero attached hydrogens (tertiary/aromatic N) is 1. The molecule has 2 aromatic carbocycles. The predicted octanol–water partition coefficient (Wildman–Crippen LogP) is 5.46. The molecule has 1 aliphatic carbocycles. The van der Waals surface area contributed by atoms with Gasteiger partial charge >= 0.3 is 0 Å². The van der Waals surface area contributed by atoms with Crippen LogP contribution in [0.25, 0.3) is 0 Å². The molecule has 0 spiro atoms. The van der Waals surface area contributed by atoms with Crippen molar-refractivity contribution in [2.75, 3.05) is 13.7 Å². The smallest absolute Gasteiger partial charge is 0.123 e. The lowest BCUT2D eigenvalue weighted by Crippen LogP contribution is -2.45. The molecule has 6 heteroatoms. The topological polar surface area (TPSA) is 57.1 Å². The standard InChI is InChI=1S/C25H31N3O.2ClH/c1-29-23-12-11-21(25(18-26)13-5-6-14-25)16-20(23)17-28-22-10-7-15-27-24(22)19-8-3-2-4-9-19;;/h2-4,8-9,11-12,16,22,24,27-28H,5-7,10,13-15,17H2,1H3;2*1H.